The lowest BCUT2D eigenvalue weighted by Gasteiger charge is -2.11. The average Bonchev–Trinajstić information content (AvgIpc) is 2.54. The van der Waals surface area contributed by atoms with Crippen LogP contribution in [0.1, 0.15) is 22.3 Å². The van der Waals surface area contributed by atoms with Crippen LogP contribution in [0.5, 0.6) is 0 Å². The first kappa shape index (κ1) is 20.8. The molecule has 0 amide bonds. The molecule has 27 heavy (non-hydrogen) atoms. The smallest absolute Gasteiger partial charge is 0.370 e. The predicted molar refractivity (Wildman–Crippen MR) is 99.4 cm³/mol. The molecule has 2 aromatic rings. The number of nitrogens with two attached hydrogens (primary N) is 1. The van der Waals surface area contributed by atoms with Crippen LogP contribution >= 0.6 is 0 Å². The van der Waals surface area contributed by atoms with Crippen LogP contribution in [-0.2, 0) is 22.6 Å². The van der Waals surface area contributed by atoms with E-state index in [9.17, 15) is 21.6 Å². The summed E-state index contributed by atoms with van der Waals surface area (Å²) in [4.78, 5) is 3.60. The molecular formula is C18H20F3N3O2S. The number of aliphatic imine (C=N–C) groups is 1. The molecule has 2 aromatic carbocycles. The Morgan fingerprint density at radius 1 is 1.11 bits per heavy atom. The molecule has 0 aliphatic heterocycles. The normalized spacial score (nSPS) is 12.9. The van der Waals surface area contributed by atoms with Crippen molar-refractivity contribution in [2.24, 2.45) is 10.7 Å². The number of nitrogens with one attached hydrogen (secondary N) is 1. The summed E-state index contributed by atoms with van der Waals surface area (Å²) < 4.78 is 62.4. The minimum absolute atomic E-state index is 0.0107. The molecule has 0 atom stereocenters. The Morgan fingerprint density at radius 2 is 1.78 bits per heavy atom. The van der Waals surface area contributed by atoms with Crippen LogP contribution in [-0.4, -0.2) is 20.6 Å². The summed E-state index contributed by atoms with van der Waals surface area (Å²) >= 11 is 0. The second kappa shape index (κ2) is 7.59. The maximum atomic E-state index is 13.0. The molecule has 0 saturated carbocycles. The van der Waals surface area contributed by atoms with Crippen molar-refractivity contribution in [2.75, 3.05) is 11.6 Å². The second-order valence-corrected chi connectivity index (χ2v) is 8.28. The lowest BCUT2D eigenvalue weighted by atomic mass is 10.1. The Morgan fingerprint density at radius 3 is 2.33 bits per heavy atom. The van der Waals surface area contributed by atoms with Gasteiger partial charge in [0, 0.05) is 11.9 Å². The van der Waals surface area contributed by atoms with Gasteiger partial charge in [-0.3, -0.25) is 0 Å². The van der Waals surface area contributed by atoms with Crippen LogP contribution in [0, 0.1) is 13.8 Å². The third-order valence-corrected chi connectivity index (χ3v) is 5.03. The van der Waals surface area contributed by atoms with Crippen LogP contribution in [0.15, 0.2) is 46.3 Å². The third-order valence-electron chi connectivity index (χ3n) is 3.93. The van der Waals surface area contributed by atoms with Crippen LogP contribution in [0.2, 0.25) is 0 Å². The zero-order valence-corrected chi connectivity index (χ0v) is 15.9. The SMILES string of the molecule is Cc1ccc(NC(N)=NCc2cc(C(F)(F)F)cc(S(C)(=O)=O)c2)cc1C. The fourth-order valence-electron chi connectivity index (χ4n) is 2.31. The Hall–Kier alpha value is -2.55. The highest BCUT2D eigenvalue weighted by molar-refractivity contribution is 7.90. The van der Waals surface area contributed by atoms with Gasteiger partial charge in [-0.05, 0) is 60.9 Å². The highest BCUT2D eigenvalue weighted by atomic mass is 32.2. The van der Waals surface area contributed by atoms with Gasteiger partial charge in [0.1, 0.15) is 0 Å². The fourth-order valence-corrected chi connectivity index (χ4v) is 3.02. The van der Waals surface area contributed by atoms with Crippen molar-refractivity contribution in [3.8, 4) is 0 Å². The molecule has 0 bridgehead atoms. The predicted octanol–water partition coefficient (Wildman–Crippen LogP) is 3.65. The first-order valence-corrected chi connectivity index (χ1v) is 9.81. The summed E-state index contributed by atoms with van der Waals surface area (Å²) in [5.41, 5.74) is 7.68. The van der Waals surface area contributed by atoms with Gasteiger partial charge in [0.2, 0.25) is 0 Å². The van der Waals surface area contributed by atoms with Crippen molar-refractivity contribution >= 4 is 21.5 Å². The molecule has 0 radical (unpaired) electrons. The van der Waals surface area contributed by atoms with Gasteiger partial charge in [0.05, 0.1) is 17.0 Å². The highest BCUT2D eigenvalue weighted by Gasteiger charge is 2.32. The van der Waals surface area contributed by atoms with Crippen molar-refractivity contribution in [3.63, 3.8) is 0 Å². The van der Waals surface area contributed by atoms with Crippen LogP contribution in [0.25, 0.3) is 0 Å². The van der Waals surface area contributed by atoms with E-state index in [1.54, 1.807) is 6.07 Å². The molecule has 0 spiro atoms. The monoisotopic (exact) mass is 399 g/mol. The summed E-state index contributed by atoms with van der Waals surface area (Å²) in [7, 11) is -3.80. The zero-order chi connectivity index (χ0) is 20.4. The highest BCUT2D eigenvalue weighted by Crippen LogP contribution is 2.32. The van der Waals surface area contributed by atoms with E-state index >= 15 is 0 Å². The maximum absolute atomic E-state index is 13.0. The van der Waals surface area contributed by atoms with Gasteiger partial charge in [-0.1, -0.05) is 6.07 Å². The molecule has 3 N–H and O–H groups in total. The number of guanidine groups is 1. The van der Waals surface area contributed by atoms with Gasteiger partial charge >= 0.3 is 6.18 Å². The molecule has 0 unspecified atom stereocenters. The molecule has 0 fully saturated rings. The number of hydrogen-bond donors (Lipinski definition) is 2. The van der Waals surface area contributed by atoms with E-state index < -0.39 is 26.5 Å². The van der Waals surface area contributed by atoms with E-state index in [2.05, 4.69) is 10.3 Å². The molecule has 0 aliphatic carbocycles. The molecule has 0 heterocycles. The van der Waals surface area contributed by atoms with E-state index in [-0.39, 0.29) is 18.1 Å². The van der Waals surface area contributed by atoms with Gasteiger partial charge in [-0.25, -0.2) is 13.4 Å². The summed E-state index contributed by atoms with van der Waals surface area (Å²) in [6.07, 6.45) is -3.81. The summed E-state index contributed by atoms with van der Waals surface area (Å²) in [5.74, 6) is 0.0107. The number of rotatable bonds is 4. The molecule has 5 nitrogen and oxygen atoms in total. The summed E-state index contributed by atoms with van der Waals surface area (Å²) in [6, 6.07) is 8.20. The van der Waals surface area contributed by atoms with E-state index in [1.165, 1.54) is 0 Å². The number of aryl methyl sites for hydroxylation is 2. The molecule has 2 rings (SSSR count). The van der Waals surface area contributed by atoms with E-state index in [4.69, 9.17) is 5.73 Å². The quantitative estimate of drug-likeness (QED) is 0.607. The summed E-state index contributed by atoms with van der Waals surface area (Å²) in [6.45, 7) is 3.70. The maximum Gasteiger partial charge on any atom is 0.416 e. The molecule has 146 valence electrons. The topological polar surface area (TPSA) is 84.5 Å². The Bertz CT molecular complexity index is 984. The van der Waals surface area contributed by atoms with Crippen LogP contribution in [0.3, 0.4) is 0 Å². The van der Waals surface area contributed by atoms with Crippen molar-refractivity contribution < 1.29 is 21.6 Å². The molecule has 0 aliphatic rings. The Balaban J connectivity index is 2.27. The van der Waals surface area contributed by atoms with Gasteiger partial charge in [0.25, 0.3) is 0 Å². The first-order valence-electron chi connectivity index (χ1n) is 7.91. The van der Waals surface area contributed by atoms with Crippen LogP contribution < -0.4 is 11.1 Å². The minimum atomic E-state index is -4.66. The number of hydrogen-bond acceptors (Lipinski definition) is 3. The number of sulfone groups is 1. The fraction of sp³-hybridized carbons (Fsp3) is 0.278. The number of nitrogens with zero attached hydrogens (tertiary/aromatic N) is 1. The zero-order valence-electron chi connectivity index (χ0n) is 15.1. The number of alkyl halides is 3. The largest absolute Gasteiger partial charge is 0.416 e. The lowest BCUT2D eigenvalue weighted by molar-refractivity contribution is -0.137. The number of halogens is 3. The minimum Gasteiger partial charge on any atom is -0.370 e. The molecule has 0 saturated heterocycles. The van der Waals surface area contributed by atoms with E-state index in [0.29, 0.717) is 11.8 Å². The van der Waals surface area contributed by atoms with Crippen molar-refractivity contribution in [2.45, 2.75) is 31.5 Å². The van der Waals surface area contributed by atoms with Crippen molar-refractivity contribution in [1.82, 2.24) is 0 Å². The van der Waals surface area contributed by atoms with Gasteiger partial charge in [-0.2, -0.15) is 13.2 Å². The lowest BCUT2D eigenvalue weighted by Crippen LogP contribution is -2.22. The first-order chi connectivity index (χ1) is 12.4. The van der Waals surface area contributed by atoms with Gasteiger partial charge in [-0.15, -0.1) is 0 Å². The Labute approximate surface area is 156 Å². The van der Waals surface area contributed by atoms with Crippen molar-refractivity contribution in [3.05, 3.63) is 58.7 Å². The van der Waals surface area contributed by atoms with Gasteiger partial charge in [0.15, 0.2) is 15.8 Å². The number of anilines is 1. The number of benzene rings is 2. The van der Waals surface area contributed by atoms with Crippen molar-refractivity contribution in [1.29, 1.82) is 0 Å². The van der Waals surface area contributed by atoms with Crippen LogP contribution in [0.4, 0.5) is 18.9 Å². The Kier molecular flexibility index (Phi) is 5.84. The second-order valence-electron chi connectivity index (χ2n) is 6.26. The third kappa shape index (κ3) is 5.72. The molecule has 0 aromatic heterocycles. The molecular weight excluding hydrogens is 379 g/mol. The standard InChI is InChI=1S/C18H20F3N3O2S/c1-11-4-5-15(6-12(11)2)24-17(22)23-10-13-7-14(18(19,20)21)9-16(8-13)27(3,25)26/h4-9H,10H2,1-3H3,(H3,22,23,24). The van der Waals surface area contributed by atoms with E-state index in [0.717, 1.165) is 29.5 Å². The summed E-state index contributed by atoms with van der Waals surface area (Å²) in [5, 5.41) is 2.86. The molecule has 9 heteroatoms. The average molecular weight is 399 g/mol. The van der Waals surface area contributed by atoms with E-state index in [1.807, 2.05) is 26.0 Å². The van der Waals surface area contributed by atoms with Gasteiger partial charge < -0.3 is 11.1 Å².